The van der Waals surface area contributed by atoms with Gasteiger partial charge in [0.1, 0.15) is 0 Å². The number of carbonyl (C=O) groups is 1. The first-order chi connectivity index (χ1) is 8.63. The molecule has 0 aromatic carbocycles. The molecule has 0 aromatic heterocycles. The second kappa shape index (κ2) is 8.02. The summed E-state index contributed by atoms with van der Waals surface area (Å²) in [5.41, 5.74) is 0.120. The van der Waals surface area contributed by atoms with Gasteiger partial charge >= 0.3 is 0 Å². The lowest BCUT2D eigenvalue weighted by Gasteiger charge is -2.37. The Labute approximate surface area is 115 Å². The number of methoxy groups -OCH3 is 1. The zero-order valence-corrected chi connectivity index (χ0v) is 12.6. The molecule has 0 spiro atoms. The lowest BCUT2D eigenvalue weighted by Crippen LogP contribution is -2.48. The zero-order valence-electron chi connectivity index (χ0n) is 11.8. The van der Waals surface area contributed by atoms with Crippen molar-refractivity contribution in [2.45, 2.75) is 19.8 Å². The Morgan fingerprint density at radius 3 is 2.72 bits per heavy atom. The summed E-state index contributed by atoms with van der Waals surface area (Å²) < 4.78 is 5.34. The molecular formula is C13H26N2O2S. The Hall–Kier alpha value is -0.260. The van der Waals surface area contributed by atoms with Crippen LogP contribution in [-0.2, 0) is 9.53 Å². The van der Waals surface area contributed by atoms with Gasteiger partial charge in [-0.1, -0.05) is 6.92 Å². The number of carbonyl (C=O) groups excluding carboxylic acids is 1. The van der Waals surface area contributed by atoms with Crippen LogP contribution in [0.2, 0.25) is 0 Å². The van der Waals surface area contributed by atoms with E-state index in [1.54, 1.807) is 18.9 Å². The van der Waals surface area contributed by atoms with E-state index >= 15 is 0 Å². The van der Waals surface area contributed by atoms with Crippen molar-refractivity contribution in [2.24, 2.45) is 11.3 Å². The average Bonchev–Trinajstić information content (AvgIpc) is 2.38. The maximum absolute atomic E-state index is 11.9. The van der Waals surface area contributed by atoms with Crippen LogP contribution in [0, 0.1) is 11.3 Å². The minimum Gasteiger partial charge on any atom is -0.384 e. The molecule has 1 rings (SSSR count). The van der Waals surface area contributed by atoms with Crippen molar-refractivity contribution < 1.29 is 9.53 Å². The van der Waals surface area contributed by atoms with Crippen molar-refractivity contribution in [2.75, 3.05) is 45.4 Å². The highest BCUT2D eigenvalue weighted by Crippen LogP contribution is 2.28. The van der Waals surface area contributed by atoms with Crippen molar-refractivity contribution in [3.63, 3.8) is 0 Å². The van der Waals surface area contributed by atoms with Crippen LogP contribution in [0.1, 0.15) is 19.8 Å². The summed E-state index contributed by atoms with van der Waals surface area (Å²) in [5, 5.41) is 6.46. The zero-order chi connectivity index (χ0) is 13.4. The second-order valence-electron chi connectivity index (χ2n) is 5.26. The molecule has 18 heavy (non-hydrogen) atoms. The van der Waals surface area contributed by atoms with Crippen molar-refractivity contribution >= 4 is 17.7 Å². The molecule has 1 atom stereocenters. The van der Waals surface area contributed by atoms with Gasteiger partial charge in [0.15, 0.2) is 0 Å². The summed E-state index contributed by atoms with van der Waals surface area (Å²) in [5.74, 6) is 1.13. The molecule has 2 N–H and O–H groups in total. The fourth-order valence-corrected chi connectivity index (χ4v) is 3.06. The van der Waals surface area contributed by atoms with Gasteiger partial charge in [0.25, 0.3) is 0 Å². The van der Waals surface area contributed by atoms with E-state index in [4.69, 9.17) is 4.74 Å². The van der Waals surface area contributed by atoms with Gasteiger partial charge in [-0.15, -0.1) is 0 Å². The maximum Gasteiger partial charge on any atom is 0.223 e. The Kier molecular flexibility index (Phi) is 7.04. The van der Waals surface area contributed by atoms with Crippen LogP contribution in [0.15, 0.2) is 0 Å². The third-order valence-corrected chi connectivity index (χ3v) is 4.45. The molecule has 1 fully saturated rings. The number of thioether (sulfide) groups is 1. The van der Waals surface area contributed by atoms with Gasteiger partial charge in [-0.25, -0.2) is 0 Å². The monoisotopic (exact) mass is 274 g/mol. The van der Waals surface area contributed by atoms with Crippen LogP contribution < -0.4 is 10.6 Å². The molecule has 0 aromatic rings. The van der Waals surface area contributed by atoms with E-state index < -0.39 is 0 Å². The molecule has 4 nitrogen and oxygen atoms in total. The third-order valence-electron chi connectivity index (χ3n) is 3.62. The highest BCUT2D eigenvalue weighted by molar-refractivity contribution is 7.98. The fraction of sp³-hybridized carbons (Fsp3) is 0.923. The molecule has 1 amide bonds. The molecule has 1 aliphatic heterocycles. The number of piperidine rings is 1. The fourth-order valence-electron chi connectivity index (χ4n) is 2.41. The Morgan fingerprint density at radius 1 is 1.50 bits per heavy atom. The standard InChI is InChI=1S/C13H26N2O2S/c1-11(8-18-3)12(16)15-9-13(10-17-2)4-6-14-7-5-13/h11,14H,4-10H2,1-3H3,(H,15,16). The molecule has 5 heteroatoms. The summed E-state index contributed by atoms with van der Waals surface area (Å²) in [6.45, 7) is 5.47. The summed E-state index contributed by atoms with van der Waals surface area (Å²) in [4.78, 5) is 11.9. The predicted octanol–water partition coefficient (Wildman–Crippen LogP) is 1.12. The molecule has 0 bridgehead atoms. The SMILES string of the molecule is COCC1(CNC(=O)C(C)CSC)CCNCC1. The van der Waals surface area contributed by atoms with Crippen LogP contribution >= 0.6 is 11.8 Å². The quantitative estimate of drug-likeness (QED) is 0.730. The van der Waals surface area contributed by atoms with Gasteiger partial charge in [0, 0.05) is 30.7 Å². The van der Waals surface area contributed by atoms with Gasteiger partial charge in [0.05, 0.1) is 6.61 Å². The van der Waals surface area contributed by atoms with Crippen LogP contribution in [0.5, 0.6) is 0 Å². The van der Waals surface area contributed by atoms with Gasteiger partial charge < -0.3 is 15.4 Å². The highest BCUT2D eigenvalue weighted by atomic mass is 32.2. The maximum atomic E-state index is 11.9. The smallest absolute Gasteiger partial charge is 0.223 e. The molecule has 1 aliphatic rings. The van der Waals surface area contributed by atoms with E-state index in [0.717, 1.165) is 44.8 Å². The molecule has 0 radical (unpaired) electrons. The number of hydrogen-bond acceptors (Lipinski definition) is 4. The van der Waals surface area contributed by atoms with E-state index in [9.17, 15) is 4.79 Å². The molecule has 1 unspecified atom stereocenters. The van der Waals surface area contributed by atoms with Crippen molar-refractivity contribution in [3.05, 3.63) is 0 Å². The Morgan fingerprint density at radius 2 is 2.17 bits per heavy atom. The van der Waals surface area contributed by atoms with E-state index in [1.807, 2.05) is 13.2 Å². The first-order valence-electron chi connectivity index (χ1n) is 6.60. The second-order valence-corrected chi connectivity index (χ2v) is 6.17. The molecule has 1 saturated heterocycles. The lowest BCUT2D eigenvalue weighted by atomic mass is 9.79. The van der Waals surface area contributed by atoms with E-state index in [1.165, 1.54) is 0 Å². The van der Waals surface area contributed by atoms with Crippen molar-refractivity contribution in [3.8, 4) is 0 Å². The summed E-state index contributed by atoms with van der Waals surface area (Å²) in [6.07, 6.45) is 4.17. The van der Waals surface area contributed by atoms with Gasteiger partial charge in [-0.2, -0.15) is 11.8 Å². The Bertz CT molecular complexity index is 250. The first kappa shape index (κ1) is 15.8. The van der Waals surface area contributed by atoms with Crippen LogP contribution in [-0.4, -0.2) is 51.3 Å². The van der Waals surface area contributed by atoms with Gasteiger partial charge in [0.2, 0.25) is 5.91 Å². The number of hydrogen-bond donors (Lipinski definition) is 2. The number of nitrogens with one attached hydrogen (secondary N) is 2. The van der Waals surface area contributed by atoms with Crippen molar-refractivity contribution in [1.29, 1.82) is 0 Å². The van der Waals surface area contributed by atoms with E-state index in [0.29, 0.717) is 0 Å². The van der Waals surface area contributed by atoms with Gasteiger partial charge in [-0.05, 0) is 32.2 Å². The minimum atomic E-state index is 0.0845. The normalized spacial score (nSPS) is 20.4. The highest BCUT2D eigenvalue weighted by Gasteiger charge is 2.32. The van der Waals surface area contributed by atoms with Crippen LogP contribution in [0.3, 0.4) is 0 Å². The number of rotatable bonds is 7. The molecule has 0 aliphatic carbocycles. The van der Waals surface area contributed by atoms with E-state index in [-0.39, 0.29) is 17.2 Å². The summed E-state index contributed by atoms with van der Waals surface area (Å²) in [6, 6.07) is 0. The predicted molar refractivity (Wildman–Crippen MR) is 77.0 cm³/mol. The minimum absolute atomic E-state index is 0.0845. The summed E-state index contributed by atoms with van der Waals surface area (Å²) >= 11 is 1.71. The van der Waals surface area contributed by atoms with Crippen molar-refractivity contribution in [1.82, 2.24) is 10.6 Å². The van der Waals surface area contributed by atoms with E-state index in [2.05, 4.69) is 10.6 Å². The summed E-state index contributed by atoms with van der Waals surface area (Å²) in [7, 11) is 1.74. The molecular weight excluding hydrogens is 248 g/mol. The number of amides is 1. The number of ether oxygens (including phenoxy) is 1. The lowest BCUT2D eigenvalue weighted by molar-refractivity contribution is -0.124. The molecule has 1 heterocycles. The van der Waals surface area contributed by atoms with Gasteiger partial charge in [-0.3, -0.25) is 4.79 Å². The average molecular weight is 274 g/mol. The third kappa shape index (κ3) is 4.78. The Balaban J connectivity index is 2.44. The molecule has 106 valence electrons. The van der Waals surface area contributed by atoms with Crippen LogP contribution in [0.4, 0.5) is 0 Å². The first-order valence-corrected chi connectivity index (χ1v) is 7.99. The largest absolute Gasteiger partial charge is 0.384 e. The topological polar surface area (TPSA) is 50.4 Å². The van der Waals surface area contributed by atoms with Crippen LogP contribution in [0.25, 0.3) is 0 Å². The molecule has 0 saturated carbocycles.